The van der Waals surface area contributed by atoms with E-state index in [4.69, 9.17) is 5.11 Å². The van der Waals surface area contributed by atoms with Crippen molar-refractivity contribution < 1.29 is 19.5 Å². The van der Waals surface area contributed by atoms with E-state index in [0.717, 1.165) is 0 Å². The predicted octanol–water partition coefficient (Wildman–Crippen LogP) is 1.11. The molecule has 0 aromatic rings. The highest BCUT2D eigenvalue weighted by atomic mass is 16.4. The van der Waals surface area contributed by atoms with Crippen molar-refractivity contribution >= 4 is 17.8 Å². The van der Waals surface area contributed by atoms with Gasteiger partial charge in [-0.15, -0.1) is 0 Å². The number of amides is 2. The number of rotatable bonds is 7. The van der Waals surface area contributed by atoms with Crippen LogP contribution in [-0.2, 0) is 14.4 Å². The van der Waals surface area contributed by atoms with Crippen LogP contribution in [0.15, 0.2) is 0 Å². The van der Waals surface area contributed by atoms with Crippen molar-refractivity contribution in [2.75, 3.05) is 13.1 Å². The molecule has 120 valence electrons. The second kappa shape index (κ2) is 7.43. The molecule has 0 aromatic heterocycles. The summed E-state index contributed by atoms with van der Waals surface area (Å²) in [6.45, 7) is 8.90. The van der Waals surface area contributed by atoms with Crippen LogP contribution < -0.4 is 5.32 Å². The van der Waals surface area contributed by atoms with Gasteiger partial charge >= 0.3 is 5.97 Å². The Morgan fingerprint density at radius 1 is 1.33 bits per heavy atom. The zero-order chi connectivity index (χ0) is 16.2. The summed E-state index contributed by atoms with van der Waals surface area (Å²) in [6.07, 6.45) is 0.121. The Balaban J connectivity index is 2.59. The molecule has 6 heteroatoms. The van der Waals surface area contributed by atoms with Crippen LogP contribution in [0.1, 0.15) is 40.5 Å². The second-order valence-electron chi connectivity index (χ2n) is 6.55. The van der Waals surface area contributed by atoms with Gasteiger partial charge in [-0.2, -0.15) is 0 Å². The highest BCUT2D eigenvalue weighted by molar-refractivity contribution is 5.89. The molecule has 1 saturated heterocycles. The number of carboxylic acids is 1. The van der Waals surface area contributed by atoms with Crippen LogP contribution in [0.25, 0.3) is 0 Å². The Morgan fingerprint density at radius 2 is 1.95 bits per heavy atom. The number of nitrogens with zero attached hydrogens (tertiary/aromatic N) is 1. The van der Waals surface area contributed by atoms with Gasteiger partial charge in [0, 0.05) is 25.6 Å². The molecule has 21 heavy (non-hydrogen) atoms. The van der Waals surface area contributed by atoms with Crippen molar-refractivity contribution in [2.45, 2.75) is 46.6 Å². The maximum absolute atomic E-state index is 12.2. The average molecular weight is 298 g/mol. The molecule has 2 N–H and O–H groups in total. The maximum Gasteiger partial charge on any atom is 0.305 e. The average Bonchev–Trinajstić information content (AvgIpc) is 2.68. The van der Waals surface area contributed by atoms with E-state index in [-0.39, 0.29) is 36.5 Å². The molecule has 1 rings (SSSR count). The first-order valence-corrected chi connectivity index (χ1v) is 7.50. The summed E-state index contributed by atoms with van der Waals surface area (Å²) in [6, 6.07) is -0.399. The number of likely N-dealkylation sites (tertiary alicyclic amines) is 1. The lowest BCUT2D eigenvalue weighted by Gasteiger charge is -2.23. The summed E-state index contributed by atoms with van der Waals surface area (Å²) in [5.74, 6) is -1.11. The minimum absolute atomic E-state index is 0.00295. The van der Waals surface area contributed by atoms with Crippen molar-refractivity contribution in [3.63, 3.8) is 0 Å². The van der Waals surface area contributed by atoms with Gasteiger partial charge in [-0.25, -0.2) is 0 Å². The van der Waals surface area contributed by atoms with Crippen LogP contribution in [0, 0.1) is 17.8 Å². The van der Waals surface area contributed by atoms with Crippen LogP contribution >= 0.6 is 0 Å². The molecular formula is C15H26N2O4. The normalized spacial score (nSPS) is 20.2. The Bertz CT molecular complexity index is 406. The second-order valence-corrected chi connectivity index (χ2v) is 6.55. The summed E-state index contributed by atoms with van der Waals surface area (Å²) in [7, 11) is 0. The van der Waals surface area contributed by atoms with E-state index in [0.29, 0.717) is 19.0 Å². The van der Waals surface area contributed by atoms with Crippen molar-refractivity contribution in [1.29, 1.82) is 0 Å². The van der Waals surface area contributed by atoms with Crippen molar-refractivity contribution in [2.24, 2.45) is 17.8 Å². The lowest BCUT2D eigenvalue weighted by atomic mass is 9.99. The minimum atomic E-state index is -0.932. The quantitative estimate of drug-likeness (QED) is 0.737. The third-order valence-corrected chi connectivity index (χ3v) is 3.70. The molecule has 1 aliphatic rings. The van der Waals surface area contributed by atoms with Crippen LogP contribution in [0.5, 0.6) is 0 Å². The molecule has 1 aliphatic heterocycles. The van der Waals surface area contributed by atoms with Gasteiger partial charge in [-0.3, -0.25) is 14.4 Å². The third-order valence-electron chi connectivity index (χ3n) is 3.70. The van der Waals surface area contributed by atoms with Gasteiger partial charge in [-0.1, -0.05) is 27.7 Å². The molecule has 0 radical (unpaired) electrons. The van der Waals surface area contributed by atoms with Gasteiger partial charge in [-0.05, 0) is 11.8 Å². The highest BCUT2D eigenvalue weighted by Gasteiger charge is 2.35. The maximum atomic E-state index is 12.2. The SMILES string of the molecule is CC(C)CN1CC(C(=O)NC(CC(=O)O)C(C)C)CC1=O. The Kier molecular flexibility index (Phi) is 6.18. The number of hydrogen-bond acceptors (Lipinski definition) is 3. The van der Waals surface area contributed by atoms with E-state index >= 15 is 0 Å². The van der Waals surface area contributed by atoms with E-state index in [2.05, 4.69) is 5.32 Å². The molecule has 0 aromatic carbocycles. The standard InChI is InChI=1S/C15H26N2O4/c1-9(2)7-17-8-11(5-13(17)18)15(21)16-12(10(3)4)6-14(19)20/h9-12H,5-8H2,1-4H3,(H,16,21)(H,19,20). The van der Waals surface area contributed by atoms with Crippen LogP contribution in [-0.4, -0.2) is 46.9 Å². The number of hydrogen-bond donors (Lipinski definition) is 2. The molecule has 0 spiro atoms. The van der Waals surface area contributed by atoms with E-state index < -0.39 is 12.0 Å². The van der Waals surface area contributed by atoms with Crippen LogP contribution in [0.4, 0.5) is 0 Å². The molecule has 2 unspecified atom stereocenters. The molecular weight excluding hydrogens is 272 g/mol. The summed E-state index contributed by atoms with van der Waals surface area (Å²) in [4.78, 5) is 36.7. The molecule has 0 saturated carbocycles. The first-order valence-electron chi connectivity index (χ1n) is 7.50. The Labute approximate surface area is 125 Å². The number of carboxylic acid groups (broad SMARTS) is 1. The zero-order valence-corrected chi connectivity index (χ0v) is 13.3. The van der Waals surface area contributed by atoms with Crippen LogP contribution in [0.3, 0.4) is 0 Å². The number of carbonyl (C=O) groups excluding carboxylic acids is 2. The van der Waals surface area contributed by atoms with Crippen LogP contribution in [0.2, 0.25) is 0 Å². The number of nitrogens with one attached hydrogen (secondary N) is 1. The van der Waals surface area contributed by atoms with E-state index in [1.54, 1.807) is 4.90 Å². The lowest BCUT2D eigenvalue weighted by molar-refractivity contribution is -0.138. The fourth-order valence-corrected chi connectivity index (χ4v) is 2.51. The topological polar surface area (TPSA) is 86.7 Å². The monoisotopic (exact) mass is 298 g/mol. The predicted molar refractivity (Wildman–Crippen MR) is 78.5 cm³/mol. The van der Waals surface area contributed by atoms with Crippen molar-refractivity contribution in [1.82, 2.24) is 10.2 Å². The van der Waals surface area contributed by atoms with Gasteiger partial charge in [0.05, 0.1) is 12.3 Å². The van der Waals surface area contributed by atoms with Gasteiger partial charge in [0.2, 0.25) is 11.8 Å². The highest BCUT2D eigenvalue weighted by Crippen LogP contribution is 2.20. The van der Waals surface area contributed by atoms with E-state index in [1.807, 2.05) is 27.7 Å². The molecule has 2 atom stereocenters. The number of aliphatic carboxylic acids is 1. The lowest BCUT2D eigenvalue weighted by Crippen LogP contribution is -2.43. The fourth-order valence-electron chi connectivity index (χ4n) is 2.51. The summed E-state index contributed by atoms with van der Waals surface area (Å²) >= 11 is 0. The van der Waals surface area contributed by atoms with Gasteiger partial charge in [0.15, 0.2) is 0 Å². The Hall–Kier alpha value is -1.59. The molecule has 0 aliphatic carbocycles. The molecule has 1 fully saturated rings. The van der Waals surface area contributed by atoms with Gasteiger partial charge in [0.25, 0.3) is 0 Å². The first-order chi connectivity index (χ1) is 9.70. The summed E-state index contributed by atoms with van der Waals surface area (Å²) in [5.41, 5.74) is 0. The largest absolute Gasteiger partial charge is 0.481 e. The summed E-state index contributed by atoms with van der Waals surface area (Å²) in [5, 5.41) is 11.7. The molecule has 0 bridgehead atoms. The number of carbonyl (C=O) groups is 3. The first kappa shape index (κ1) is 17.5. The Morgan fingerprint density at radius 3 is 2.43 bits per heavy atom. The fraction of sp³-hybridized carbons (Fsp3) is 0.800. The van der Waals surface area contributed by atoms with Gasteiger partial charge < -0.3 is 15.3 Å². The summed E-state index contributed by atoms with van der Waals surface area (Å²) < 4.78 is 0. The zero-order valence-electron chi connectivity index (χ0n) is 13.3. The van der Waals surface area contributed by atoms with Crippen molar-refractivity contribution in [3.8, 4) is 0 Å². The molecule has 6 nitrogen and oxygen atoms in total. The van der Waals surface area contributed by atoms with Gasteiger partial charge in [0.1, 0.15) is 0 Å². The third kappa shape index (κ3) is 5.36. The smallest absolute Gasteiger partial charge is 0.305 e. The molecule has 2 amide bonds. The molecule has 1 heterocycles. The van der Waals surface area contributed by atoms with Crippen molar-refractivity contribution in [3.05, 3.63) is 0 Å². The van der Waals surface area contributed by atoms with E-state index in [1.165, 1.54) is 0 Å². The minimum Gasteiger partial charge on any atom is -0.481 e. The van der Waals surface area contributed by atoms with E-state index in [9.17, 15) is 14.4 Å².